The highest BCUT2D eigenvalue weighted by Gasteiger charge is 2.39. The average Bonchev–Trinajstić information content (AvgIpc) is 3.12. The molecule has 1 aliphatic rings. The second-order valence-electron chi connectivity index (χ2n) is 6.19. The van der Waals surface area contributed by atoms with Gasteiger partial charge < -0.3 is 0 Å². The highest BCUT2D eigenvalue weighted by atomic mass is 32.2. The Kier molecular flexibility index (Phi) is 4.83. The zero-order chi connectivity index (χ0) is 18.0. The van der Waals surface area contributed by atoms with Crippen LogP contribution in [0.15, 0.2) is 53.4 Å². The van der Waals surface area contributed by atoms with Crippen LogP contribution in [0.25, 0.3) is 0 Å². The summed E-state index contributed by atoms with van der Waals surface area (Å²) in [4.78, 5) is 23.7. The van der Waals surface area contributed by atoms with Gasteiger partial charge in [-0.05, 0) is 31.9 Å². The molecule has 0 amide bonds. The fourth-order valence-corrected chi connectivity index (χ4v) is 4.71. The molecular formula is C19H19NO4S. The van der Waals surface area contributed by atoms with Crippen LogP contribution in [0.4, 0.5) is 0 Å². The van der Waals surface area contributed by atoms with Gasteiger partial charge in [0.2, 0.25) is 10.0 Å². The molecule has 6 heteroatoms. The summed E-state index contributed by atoms with van der Waals surface area (Å²) in [5, 5.41) is 0. The van der Waals surface area contributed by atoms with Gasteiger partial charge in [-0.25, -0.2) is 8.42 Å². The maximum absolute atomic E-state index is 12.9. The van der Waals surface area contributed by atoms with Crippen molar-refractivity contribution in [1.82, 2.24) is 4.31 Å². The molecule has 1 heterocycles. The molecule has 1 atom stereocenters. The van der Waals surface area contributed by atoms with E-state index in [2.05, 4.69) is 0 Å². The number of rotatable bonds is 5. The summed E-state index contributed by atoms with van der Waals surface area (Å²) >= 11 is 0. The minimum Gasteiger partial charge on any atom is -0.298 e. The molecule has 25 heavy (non-hydrogen) atoms. The van der Waals surface area contributed by atoms with Gasteiger partial charge in [0.25, 0.3) is 0 Å². The summed E-state index contributed by atoms with van der Waals surface area (Å²) < 4.78 is 27.1. The van der Waals surface area contributed by atoms with Crippen molar-refractivity contribution in [2.24, 2.45) is 0 Å². The predicted octanol–water partition coefficient (Wildman–Crippen LogP) is 2.84. The zero-order valence-electron chi connectivity index (χ0n) is 13.9. The van der Waals surface area contributed by atoms with E-state index in [-0.39, 0.29) is 10.7 Å². The van der Waals surface area contributed by atoms with Crippen LogP contribution in [0.3, 0.4) is 0 Å². The van der Waals surface area contributed by atoms with Crippen LogP contribution >= 0.6 is 0 Å². The first-order chi connectivity index (χ1) is 11.9. The molecule has 0 N–H and O–H groups in total. The lowest BCUT2D eigenvalue weighted by Crippen LogP contribution is -2.40. The minimum atomic E-state index is -3.71. The number of hydrogen-bond acceptors (Lipinski definition) is 4. The number of sulfonamides is 1. The first-order valence-corrected chi connectivity index (χ1v) is 9.55. The minimum absolute atomic E-state index is 0.203. The molecular weight excluding hydrogens is 338 g/mol. The van der Waals surface area contributed by atoms with E-state index >= 15 is 0 Å². The highest BCUT2D eigenvalue weighted by molar-refractivity contribution is 7.89. The topological polar surface area (TPSA) is 71.5 Å². The van der Waals surface area contributed by atoms with Crippen LogP contribution in [0.5, 0.6) is 0 Å². The lowest BCUT2D eigenvalue weighted by Gasteiger charge is -2.23. The first-order valence-electron chi connectivity index (χ1n) is 8.11. The largest absolute Gasteiger partial charge is 0.298 e. The van der Waals surface area contributed by atoms with Crippen LogP contribution in [0.1, 0.15) is 39.1 Å². The van der Waals surface area contributed by atoms with Crippen molar-refractivity contribution in [3.05, 3.63) is 65.2 Å². The van der Waals surface area contributed by atoms with Crippen molar-refractivity contribution in [2.45, 2.75) is 30.7 Å². The lowest BCUT2D eigenvalue weighted by molar-refractivity contribution is 0.0917. The van der Waals surface area contributed by atoms with Crippen LogP contribution in [-0.4, -0.2) is 37.4 Å². The van der Waals surface area contributed by atoms with Crippen molar-refractivity contribution < 1.29 is 18.0 Å². The second kappa shape index (κ2) is 6.90. The Morgan fingerprint density at radius 2 is 1.72 bits per heavy atom. The number of nitrogens with zero attached hydrogens (tertiary/aromatic N) is 1. The SMILES string of the molecule is Cc1ccc(S(=O)(=O)N2CCC[C@H]2C(=O)c2ccc(C=O)cc2)cc1. The van der Waals surface area contributed by atoms with Crippen molar-refractivity contribution in [3.63, 3.8) is 0 Å². The molecule has 0 bridgehead atoms. The number of carbonyl (C=O) groups excluding carboxylic acids is 2. The Hall–Kier alpha value is -2.31. The molecule has 1 saturated heterocycles. The van der Waals surface area contributed by atoms with Crippen molar-refractivity contribution in [2.75, 3.05) is 6.54 Å². The molecule has 0 saturated carbocycles. The molecule has 3 rings (SSSR count). The second-order valence-corrected chi connectivity index (χ2v) is 8.08. The summed E-state index contributed by atoms with van der Waals surface area (Å²) in [5.41, 5.74) is 1.87. The van der Waals surface area contributed by atoms with E-state index in [1.54, 1.807) is 48.5 Å². The maximum atomic E-state index is 12.9. The van der Waals surface area contributed by atoms with Gasteiger partial charge in [-0.3, -0.25) is 9.59 Å². The third-order valence-corrected chi connectivity index (χ3v) is 6.39. The molecule has 130 valence electrons. The molecule has 2 aromatic carbocycles. The Balaban J connectivity index is 1.89. The van der Waals surface area contributed by atoms with Crippen molar-refractivity contribution in [1.29, 1.82) is 0 Å². The molecule has 2 aromatic rings. The number of aldehydes is 1. The fraction of sp³-hybridized carbons (Fsp3) is 0.263. The summed E-state index contributed by atoms with van der Waals surface area (Å²) in [5.74, 6) is -0.231. The molecule has 1 fully saturated rings. The van der Waals surface area contributed by atoms with Crippen LogP contribution in [0, 0.1) is 6.92 Å². The maximum Gasteiger partial charge on any atom is 0.243 e. The summed E-state index contributed by atoms with van der Waals surface area (Å²) in [6, 6.07) is 12.2. The van der Waals surface area contributed by atoms with Gasteiger partial charge in [0, 0.05) is 17.7 Å². The van der Waals surface area contributed by atoms with Crippen molar-refractivity contribution >= 4 is 22.1 Å². The third kappa shape index (κ3) is 3.41. The van der Waals surface area contributed by atoms with E-state index in [4.69, 9.17) is 0 Å². The quantitative estimate of drug-likeness (QED) is 0.609. The van der Waals surface area contributed by atoms with Gasteiger partial charge in [0.15, 0.2) is 5.78 Å². The van der Waals surface area contributed by atoms with E-state index in [0.29, 0.717) is 36.8 Å². The Labute approximate surface area is 147 Å². The van der Waals surface area contributed by atoms with E-state index in [1.807, 2.05) is 6.92 Å². The van der Waals surface area contributed by atoms with Gasteiger partial charge in [0.05, 0.1) is 10.9 Å². The zero-order valence-corrected chi connectivity index (χ0v) is 14.7. The molecule has 0 spiro atoms. The fourth-order valence-electron chi connectivity index (χ4n) is 3.05. The normalized spacial score (nSPS) is 18.2. The number of carbonyl (C=O) groups is 2. The van der Waals surface area contributed by atoms with E-state index in [1.165, 1.54) is 4.31 Å². The Bertz CT molecular complexity index is 886. The van der Waals surface area contributed by atoms with Gasteiger partial charge in [-0.1, -0.05) is 42.0 Å². The summed E-state index contributed by atoms with van der Waals surface area (Å²) in [6.45, 7) is 2.22. The average molecular weight is 357 g/mol. The monoisotopic (exact) mass is 357 g/mol. The van der Waals surface area contributed by atoms with E-state index in [0.717, 1.165) is 5.56 Å². The molecule has 1 aliphatic heterocycles. The standard InChI is InChI=1S/C19H19NO4S/c1-14-4-10-17(11-5-14)25(23,24)20-12-2-3-18(20)19(22)16-8-6-15(13-21)7-9-16/h4-11,13,18H,2-3,12H2,1H3/t18-/m0/s1. The third-order valence-electron chi connectivity index (χ3n) is 4.47. The number of hydrogen-bond donors (Lipinski definition) is 0. The number of benzene rings is 2. The Morgan fingerprint density at radius 1 is 1.08 bits per heavy atom. The lowest BCUT2D eigenvalue weighted by atomic mass is 10.0. The molecule has 0 aromatic heterocycles. The summed E-state index contributed by atoms with van der Waals surface area (Å²) in [6.07, 6.45) is 1.85. The number of aryl methyl sites for hydroxylation is 1. The molecule has 5 nitrogen and oxygen atoms in total. The molecule has 0 aliphatic carbocycles. The summed E-state index contributed by atoms with van der Waals surface area (Å²) in [7, 11) is -3.71. The van der Waals surface area contributed by atoms with Crippen molar-refractivity contribution in [3.8, 4) is 0 Å². The predicted molar refractivity (Wildman–Crippen MR) is 94.3 cm³/mol. The molecule has 0 unspecified atom stereocenters. The Morgan fingerprint density at radius 3 is 2.32 bits per heavy atom. The number of ketones is 1. The van der Waals surface area contributed by atoms with E-state index < -0.39 is 16.1 Å². The van der Waals surface area contributed by atoms with Gasteiger partial charge in [-0.2, -0.15) is 4.31 Å². The van der Waals surface area contributed by atoms with Gasteiger partial charge >= 0.3 is 0 Å². The highest BCUT2D eigenvalue weighted by Crippen LogP contribution is 2.28. The van der Waals surface area contributed by atoms with E-state index in [9.17, 15) is 18.0 Å². The van der Waals surface area contributed by atoms with Gasteiger partial charge in [0.1, 0.15) is 6.29 Å². The van der Waals surface area contributed by atoms with Gasteiger partial charge in [-0.15, -0.1) is 0 Å². The first kappa shape index (κ1) is 17.5. The van der Waals surface area contributed by atoms with Crippen LogP contribution in [-0.2, 0) is 10.0 Å². The van der Waals surface area contributed by atoms with Crippen LogP contribution < -0.4 is 0 Å². The number of Topliss-reactive ketones (excluding diaryl/α,β-unsaturated/α-hetero) is 1. The van der Waals surface area contributed by atoms with Crippen LogP contribution in [0.2, 0.25) is 0 Å². The smallest absolute Gasteiger partial charge is 0.243 e. The molecule has 0 radical (unpaired) electrons.